The van der Waals surface area contributed by atoms with Crippen LogP contribution in [-0.4, -0.2) is 10.9 Å². The topological polar surface area (TPSA) is 26.0 Å². The molecule has 2 nitrogen and oxygen atoms in total. The van der Waals surface area contributed by atoms with E-state index in [9.17, 15) is 0 Å². The minimum Gasteiger partial charge on any atom is -0.441 e. The van der Waals surface area contributed by atoms with Crippen LogP contribution in [0.4, 0.5) is 0 Å². The highest BCUT2D eigenvalue weighted by Crippen LogP contribution is 2.27. The van der Waals surface area contributed by atoms with Crippen LogP contribution in [0, 0.1) is 6.92 Å². The zero-order chi connectivity index (χ0) is 11.5. The molecule has 84 valence electrons. The molecule has 0 radical (unpaired) electrons. The molecule has 1 aromatic heterocycles. The van der Waals surface area contributed by atoms with Crippen molar-refractivity contribution in [3.63, 3.8) is 0 Å². The van der Waals surface area contributed by atoms with Crippen LogP contribution in [0.2, 0.25) is 5.02 Å². The lowest BCUT2D eigenvalue weighted by molar-refractivity contribution is 0.514. The summed E-state index contributed by atoms with van der Waals surface area (Å²) < 4.78 is 5.59. The summed E-state index contributed by atoms with van der Waals surface area (Å²) in [4.78, 5) is 4.16. The Bertz CT molecular complexity index is 494. The Morgan fingerprint density at radius 2 is 2.19 bits per heavy atom. The maximum atomic E-state index is 5.95. The molecule has 1 aromatic carbocycles. The summed E-state index contributed by atoms with van der Waals surface area (Å²) in [5.74, 6) is 1.90. The Hall–Kier alpha value is -0.990. The summed E-state index contributed by atoms with van der Waals surface area (Å²) in [6.07, 6.45) is 2.35. The highest BCUT2D eigenvalue weighted by atomic mass is 35.5. The van der Waals surface area contributed by atoms with Gasteiger partial charge in [0.1, 0.15) is 0 Å². The Morgan fingerprint density at radius 3 is 2.94 bits per heavy atom. The average Bonchev–Trinajstić information content (AvgIpc) is 2.71. The van der Waals surface area contributed by atoms with Gasteiger partial charge in [0.15, 0.2) is 11.7 Å². The number of alkyl halides is 1. The van der Waals surface area contributed by atoms with Gasteiger partial charge in [0.2, 0.25) is 0 Å². The highest BCUT2D eigenvalue weighted by Gasteiger charge is 2.09. The monoisotopic (exact) mass is 255 g/mol. The van der Waals surface area contributed by atoms with E-state index in [1.807, 2.05) is 25.1 Å². The maximum Gasteiger partial charge on any atom is 0.196 e. The summed E-state index contributed by atoms with van der Waals surface area (Å²) in [7, 11) is 0. The molecular formula is C12H11Cl2NO. The van der Waals surface area contributed by atoms with Crippen molar-refractivity contribution in [3.8, 4) is 11.3 Å². The van der Waals surface area contributed by atoms with Crippen LogP contribution < -0.4 is 0 Å². The molecule has 0 N–H and O–H groups in total. The van der Waals surface area contributed by atoms with Crippen LogP contribution in [0.25, 0.3) is 11.3 Å². The number of hydrogen-bond acceptors (Lipinski definition) is 2. The Kier molecular flexibility index (Phi) is 3.52. The number of nitrogens with zero attached hydrogens (tertiary/aromatic N) is 1. The van der Waals surface area contributed by atoms with Crippen molar-refractivity contribution in [3.05, 3.63) is 40.9 Å². The van der Waals surface area contributed by atoms with E-state index in [4.69, 9.17) is 27.6 Å². The van der Waals surface area contributed by atoms with Crippen molar-refractivity contribution in [2.24, 2.45) is 0 Å². The Labute approximate surface area is 104 Å². The third kappa shape index (κ3) is 2.39. The van der Waals surface area contributed by atoms with Gasteiger partial charge in [-0.05, 0) is 24.6 Å². The molecule has 0 aliphatic heterocycles. The summed E-state index contributed by atoms with van der Waals surface area (Å²) in [6, 6.07) is 5.69. The molecule has 0 unspecified atom stereocenters. The van der Waals surface area contributed by atoms with Crippen molar-refractivity contribution < 1.29 is 4.42 Å². The molecule has 0 aliphatic carbocycles. The molecular weight excluding hydrogens is 245 g/mol. The predicted molar refractivity (Wildman–Crippen MR) is 66.1 cm³/mol. The fraction of sp³-hybridized carbons (Fsp3) is 0.250. The normalized spacial score (nSPS) is 10.7. The van der Waals surface area contributed by atoms with Gasteiger partial charge in [-0.25, -0.2) is 4.98 Å². The molecule has 0 saturated heterocycles. The van der Waals surface area contributed by atoms with Crippen molar-refractivity contribution in [1.82, 2.24) is 4.98 Å². The number of oxazole rings is 1. The molecule has 0 aliphatic rings. The van der Waals surface area contributed by atoms with Gasteiger partial charge in [0, 0.05) is 22.9 Å². The van der Waals surface area contributed by atoms with Crippen molar-refractivity contribution in [2.75, 3.05) is 5.88 Å². The number of halogens is 2. The Balaban J connectivity index is 2.38. The lowest BCUT2D eigenvalue weighted by Gasteiger charge is -2.02. The van der Waals surface area contributed by atoms with Crippen LogP contribution in [0.1, 0.15) is 11.5 Å². The summed E-state index contributed by atoms with van der Waals surface area (Å²) in [5.41, 5.74) is 2.08. The van der Waals surface area contributed by atoms with Gasteiger partial charge >= 0.3 is 0 Å². The van der Waals surface area contributed by atoms with Crippen LogP contribution in [0.15, 0.2) is 28.8 Å². The standard InChI is InChI=1S/C12H11Cl2NO/c1-8-2-3-9(14)6-10(8)11-7-15-12(16-11)4-5-13/h2-3,6-7H,4-5H2,1H3. The number of benzene rings is 1. The van der Waals surface area contributed by atoms with Crippen molar-refractivity contribution >= 4 is 23.2 Å². The third-order valence-corrected chi connectivity index (χ3v) is 2.75. The fourth-order valence-corrected chi connectivity index (χ4v) is 1.82. The summed E-state index contributed by atoms with van der Waals surface area (Å²) in [5, 5.41) is 0.691. The SMILES string of the molecule is Cc1ccc(Cl)cc1-c1cnc(CCCl)o1. The van der Waals surface area contributed by atoms with E-state index in [0.717, 1.165) is 16.9 Å². The molecule has 2 rings (SSSR count). The van der Waals surface area contributed by atoms with Crippen molar-refractivity contribution in [1.29, 1.82) is 0 Å². The first-order chi connectivity index (χ1) is 7.70. The van der Waals surface area contributed by atoms with E-state index in [0.29, 0.717) is 23.2 Å². The van der Waals surface area contributed by atoms with E-state index in [-0.39, 0.29) is 0 Å². The van der Waals surface area contributed by atoms with Crippen LogP contribution in [0.5, 0.6) is 0 Å². The van der Waals surface area contributed by atoms with E-state index in [2.05, 4.69) is 4.98 Å². The second-order valence-electron chi connectivity index (χ2n) is 3.52. The van der Waals surface area contributed by atoms with Gasteiger partial charge in [-0.3, -0.25) is 0 Å². The van der Waals surface area contributed by atoms with Gasteiger partial charge in [0.25, 0.3) is 0 Å². The first-order valence-electron chi connectivity index (χ1n) is 4.98. The average molecular weight is 256 g/mol. The van der Waals surface area contributed by atoms with Crippen LogP contribution in [-0.2, 0) is 6.42 Å². The predicted octanol–water partition coefficient (Wildman–Crippen LogP) is 4.08. The van der Waals surface area contributed by atoms with Gasteiger partial charge in [-0.1, -0.05) is 17.7 Å². The molecule has 0 saturated carbocycles. The smallest absolute Gasteiger partial charge is 0.196 e. The summed E-state index contributed by atoms with van der Waals surface area (Å²) >= 11 is 11.6. The van der Waals surface area contributed by atoms with E-state index >= 15 is 0 Å². The second-order valence-corrected chi connectivity index (χ2v) is 4.33. The van der Waals surface area contributed by atoms with Gasteiger partial charge in [0.05, 0.1) is 6.20 Å². The first kappa shape index (κ1) is 11.5. The first-order valence-corrected chi connectivity index (χ1v) is 5.89. The molecule has 16 heavy (non-hydrogen) atoms. The fourth-order valence-electron chi connectivity index (χ4n) is 1.49. The second kappa shape index (κ2) is 4.89. The van der Waals surface area contributed by atoms with Gasteiger partial charge < -0.3 is 4.42 Å². The zero-order valence-corrected chi connectivity index (χ0v) is 10.3. The number of rotatable bonds is 3. The molecule has 0 fully saturated rings. The highest BCUT2D eigenvalue weighted by molar-refractivity contribution is 6.30. The maximum absolute atomic E-state index is 5.95. The minimum atomic E-state index is 0.508. The molecule has 0 spiro atoms. The van der Waals surface area contributed by atoms with E-state index in [1.54, 1.807) is 6.20 Å². The molecule has 0 bridgehead atoms. The third-order valence-electron chi connectivity index (χ3n) is 2.33. The van der Waals surface area contributed by atoms with Crippen molar-refractivity contribution in [2.45, 2.75) is 13.3 Å². The Morgan fingerprint density at radius 1 is 1.38 bits per heavy atom. The molecule has 0 atom stereocenters. The zero-order valence-electron chi connectivity index (χ0n) is 8.84. The number of hydrogen-bond donors (Lipinski definition) is 0. The minimum absolute atomic E-state index is 0.508. The number of aromatic nitrogens is 1. The molecule has 4 heteroatoms. The summed E-state index contributed by atoms with van der Waals surface area (Å²) in [6.45, 7) is 2.01. The quantitative estimate of drug-likeness (QED) is 0.773. The van der Waals surface area contributed by atoms with Gasteiger partial charge in [-0.15, -0.1) is 11.6 Å². The lowest BCUT2D eigenvalue weighted by Crippen LogP contribution is -1.83. The lowest BCUT2D eigenvalue weighted by atomic mass is 10.1. The van der Waals surface area contributed by atoms with Crippen LogP contribution in [0.3, 0.4) is 0 Å². The van der Waals surface area contributed by atoms with E-state index < -0.39 is 0 Å². The van der Waals surface area contributed by atoms with E-state index in [1.165, 1.54) is 0 Å². The molecule has 2 aromatic rings. The molecule has 1 heterocycles. The number of aryl methyl sites for hydroxylation is 2. The molecule has 0 amide bonds. The van der Waals surface area contributed by atoms with Crippen LogP contribution >= 0.6 is 23.2 Å². The van der Waals surface area contributed by atoms with Gasteiger partial charge in [-0.2, -0.15) is 0 Å². The largest absolute Gasteiger partial charge is 0.441 e.